The molecule has 0 bridgehead atoms. The zero-order valence-electron chi connectivity index (χ0n) is 11.8. The maximum atomic E-state index is 5.88. The number of halogens is 1. The maximum Gasteiger partial charge on any atom is 0.245 e. The maximum absolute atomic E-state index is 5.88. The van der Waals surface area contributed by atoms with Crippen LogP contribution in [0.4, 0.5) is 0 Å². The monoisotopic (exact) mass is 306 g/mol. The fourth-order valence-corrected chi connectivity index (χ4v) is 2.44. The van der Waals surface area contributed by atoms with Crippen LogP contribution in [0.1, 0.15) is 11.5 Å². The molecule has 0 saturated carbocycles. The number of nitrogens with zero attached hydrogens (tertiary/aromatic N) is 6. The summed E-state index contributed by atoms with van der Waals surface area (Å²) in [6.45, 7) is 0.624. The first-order valence-electron chi connectivity index (χ1n) is 6.51. The first-order chi connectivity index (χ1) is 10.2. The molecule has 3 heterocycles. The van der Waals surface area contributed by atoms with Crippen LogP contribution in [0.5, 0.6) is 5.88 Å². The van der Waals surface area contributed by atoms with Crippen LogP contribution >= 0.6 is 11.6 Å². The molecule has 0 fully saturated rings. The van der Waals surface area contributed by atoms with E-state index in [2.05, 4.69) is 20.1 Å². The Balaban J connectivity index is 2.14. The van der Waals surface area contributed by atoms with Gasteiger partial charge >= 0.3 is 0 Å². The van der Waals surface area contributed by atoms with E-state index in [1.165, 1.54) is 6.33 Å². The van der Waals surface area contributed by atoms with Crippen molar-refractivity contribution in [3.8, 4) is 5.88 Å². The van der Waals surface area contributed by atoms with Crippen LogP contribution in [0, 0.1) is 0 Å². The lowest BCUT2D eigenvalue weighted by Crippen LogP contribution is -2.10. The van der Waals surface area contributed by atoms with E-state index in [9.17, 15) is 0 Å². The van der Waals surface area contributed by atoms with Crippen LogP contribution in [-0.4, -0.2) is 42.3 Å². The number of hydrogen-bond acceptors (Lipinski definition) is 5. The zero-order chi connectivity index (χ0) is 14.8. The lowest BCUT2D eigenvalue weighted by Gasteiger charge is -2.08. The number of rotatable bonds is 5. The van der Waals surface area contributed by atoms with E-state index in [4.69, 9.17) is 16.3 Å². The molecule has 21 heavy (non-hydrogen) atoms. The van der Waals surface area contributed by atoms with Gasteiger partial charge in [-0.1, -0.05) is 0 Å². The van der Waals surface area contributed by atoms with Gasteiger partial charge in [0.25, 0.3) is 0 Å². The molecule has 3 rings (SSSR count). The summed E-state index contributed by atoms with van der Waals surface area (Å²) < 4.78 is 9.11. The Hall–Kier alpha value is -2.15. The summed E-state index contributed by atoms with van der Waals surface area (Å²) in [6, 6.07) is 1.97. The van der Waals surface area contributed by atoms with Crippen LogP contribution in [0.2, 0.25) is 0 Å². The summed E-state index contributed by atoms with van der Waals surface area (Å²) in [6.07, 6.45) is 3.90. The van der Waals surface area contributed by atoms with E-state index in [0.29, 0.717) is 30.2 Å². The molecule has 0 radical (unpaired) electrons. The lowest BCUT2D eigenvalue weighted by atomic mass is 10.4. The molecule has 0 aliphatic heterocycles. The Morgan fingerprint density at radius 1 is 1.33 bits per heavy atom. The van der Waals surface area contributed by atoms with Crippen LogP contribution in [-0.2, 0) is 20.0 Å². The summed E-state index contributed by atoms with van der Waals surface area (Å²) in [5, 5.41) is 4.19. The van der Waals surface area contributed by atoms with Crippen molar-refractivity contribution >= 4 is 22.8 Å². The molecule has 0 aliphatic carbocycles. The van der Waals surface area contributed by atoms with Gasteiger partial charge in [0.15, 0.2) is 11.2 Å². The Bertz CT molecular complexity index is 765. The molecule has 8 heteroatoms. The molecule has 0 aliphatic rings. The molecular weight excluding hydrogens is 292 g/mol. The highest BCUT2D eigenvalue weighted by molar-refractivity contribution is 6.17. The van der Waals surface area contributed by atoms with Crippen molar-refractivity contribution in [2.45, 2.75) is 13.0 Å². The van der Waals surface area contributed by atoms with Gasteiger partial charge in [-0.15, -0.1) is 11.6 Å². The summed E-state index contributed by atoms with van der Waals surface area (Å²) in [4.78, 5) is 13.0. The van der Waals surface area contributed by atoms with Gasteiger partial charge in [-0.05, 0) is 6.07 Å². The van der Waals surface area contributed by atoms with Crippen molar-refractivity contribution in [3.63, 3.8) is 0 Å². The van der Waals surface area contributed by atoms with E-state index in [1.807, 2.05) is 22.4 Å². The molecule has 0 N–H and O–H groups in total. The van der Waals surface area contributed by atoms with Gasteiger partial charge in [0, 0.05) is 25.5 Å². The van der Waals surface area contributed by atoms with Crippen molar-refractivity contribution in [1.29, 1.82) is 0 Å². The highest BCUT2D eigenvalue weighted by Crippen LogP contribution is 2.23. The molecule has 3 aromatic rings. The van der Waals surface area contributed by atoms with Crippen molar-refractivity contribution in [3.05, 3.63) is 30.1 Å². The fourth-order valence-electron chi connectivity index (χ4n) is 2.27. The van der Waals surface area contributed by atoms with Crippen molar-refractivity contribution in [2.24, 2.45) is 7.05 Å². The predicted molar refractivity (Wildman–Crippen MR) is 78.6 cm³/mol. The quantitative estimate of drug-likeness (QED) is 0.666. The summed E-state index contributed by atoms with van der Waals surface area (Å²) in [7, 11) is 3.48. The molecule has 0 atom stereocenters. The SMILES string of the molecule is COc1ncnc2c1nc(CCCl)n2Cc1ccnn1C. The largest absolute Gasteiger partial charge is 0.479 e. The van der Waals surface area contributed by atoms with Crippen LogP contribution in [0.25, 0.3) is 11.2 Å². The fraction of sp³-hybridized carbons (Fsp3) is 0.385. The number of hydrogen-bond donors (Lipinski definition) is 0. The molecular formula is C13H15ClN6O. The van der Waals surface area contributed by atoms with Gasteiger partial charge in [0.2, 0.25) is 5.88 Å². The summed E-state index contributed by atoms with van der Waals surface area (Å²) >= 11 is 5.88. The van der Waals surface area contributed by atoms with E-state index in [0.717, 1.165) is 17.2 Å². The van der Waals surface area contributed by atoms with Gasteiger partial charge in [-0.2, -0.15) is 10.1 Å². The molecule has 3 aromatic heterocycles. The van der Waals surface area contributed by atoms with Crippen molar-refractivity contribution < 1.29 is 4.74 Å². The van der Waals surface area contributed by atoms with E-state index >= 15 is 0 Å². The van der Waals surface area contributed by atoms with Gasteiger partial charge in [0.1, 0.15) is 12.2 Å². The molecule has 0 saturated heterocycles. The molecule has 7 nitrogen and oxygen atoms in total. The Labute approximate surface area is 126 Å². The highest BCUT2D eigenvalue weighted by atomic mass is 35.5. The Morgan fingerprint density at radius 3 is 2.86 bits per heavy atom. The van der Waals surface area contributed by atoms with Gasteiger partial charge in [-0.25, -0.2) is 9.97 Å². The average Bonchev–Trinajstić information content (AvgIpc) is 3.05. The Morgan fingerprint density at radius 2 is 2.19 bits per heavy atom. The van der Waals surface area contributed by atoms with Gasteiger partial charge < -0.3 is 9.30 Å². The summed E-state index contributed by atoms with van der Waals surface area (Å²) in [5.41, 5.74) is 2.45. The number of imidazole rings is 1. The number of fused-ring (bicyclic) bond motifs is 1. The van der Waals surface area contributed by atoms with Crippen molar-refractivity contribution in [1.82, 2.24) is 29.3 Å². The van der Waals surface area contributed by atoms with Crippen LogP contribution < -0.4 is 4.74 Å². The van der Waals surface area contributed by atoms with E-state index in [-0.39, 0.29) is 0 Å². The standard InChI is InChI=1S/C13H15ClN6O/c1-19-9(4-6-17-19)7-20-10(3-5-14)18-11-12(20)15-8-16-13(11)21-2/h4,6,8H,3,5,7H2,1-2H3. The molecule has 0 unspecified atom stereocenters. The molecule has 0 aromatic carbocycles. The first kappa shape index (κ1) is 13.8. The second kappa shape index (κ2) is 5.69. The van der Waals surface area contributed by atoms with Crippen LogP contribution in [0.3, 0.4) is 0 Å². The second-order valence-electron chi connectivity index (χ2n) is 4.55. The minimum atomic E-state index is 0.472. The number of methoxy groups -OCH3 is 1. The number of alkyl halides is 1. The van der Waals surface area contributed by atoms with Gasteiger partial charge in [-0.3, -0.25) is 4.68 Å². The third kappa shape index (κ3) is 2.44. The summed E-state index contributed by atoms with van der Waals surface area (Å²) in [5.74, 6) is 1.82. The number of ether oxygens (including phenoxy) is 1. The predicted octanol–water partition coefficient (Wildman–Crippen LogP) is 1.40. The average molecular weight is 307 g/mol. The number of aryl methyl sites for hydroxylation is 2. The van der Waals surface area contributed by atoms with E-state index in [1.54, 1.807) is 13.3 Å². The minimum Gasteiger partial charge on any atom is -0.479 e. The Kier molecular flexibility index (Phi) is 3.74. The topological polar surface area (TPSA) is 70.7 Å². The third-order valence-corrected chi connectivity index (χ3v) is 3.52. The van der Waals surface area contributed by atoms with E-state index < -0.39 is 0 Å². The van der Waals surface area contributed by atoms with Crippen LogP contribution in [0.15, 0.2) is 18.6 Å². The minimum absolute atomic E-state index is 0.472. The van der Waals surface area contributed by atoms with Gasteiger partial charge in [0.05, 0.1) is 19.3 Å². The lowest BCUT2D eigenvalue weighted by molar-refractivity contribution is 0.401. The second-order valence-corrected chi connectivity index (χ2v) is 4.93. The molecule has 0 amide bonds. The first-order valence-corrected chi connectivity index (χ1v) is 7.05. The molecule has 0 spiro atoms. The highest BCUT2D eigenvalue weighted by Gasteiger charge is 2.17. The third-order valence-electron chi connectivity index (χ3n) is 3.33. The zero-order valence-corrected chi connectivity index (χ0v) is 12.6. The molecule has 110 valence electrons. The smallest absolute Gasteiger partial charge is 0.245 e. The number of aromatic nitrogens is 6. The normalized spacial score (nSPS) is 11.2. The van der Waals surface area contributed by atoms with Crippen molar-refractivity contribution in [2.75, 3.05) is 13.0 Å².